The molecule has 0 aromatic carbocycles. The van der Waals surface area contributed by atoms with Crippen LogP contribution < -0.4 is 5.32 Å². The van der Waals surface area contributed by atoms with Crippen LogP contribution in [0.4, 0.5) is 0 Å². The van der Waals surface area contributed by atoms with E-state index in [2.05, 4.69) is 26.1 Å². The van der Waals surface area contributed by atoms with Crippen LogP contribution in [0.3, 0.4) is 0 Å². The summed E-state index contributed by atoms with van der Waals surface area (Å²) in [5, 5.41) is 3.83. The van der Waals surface area contributed by atoms with Crippen LogP contribution in [0.1, 0.15) is 46.5 Å². The van der Waals surface area contributed by atoms with Crippen molar-refractivity contribution in [2.75, 3.05) is 0 Å². The van der Waals surface area contributed by atoms with Gasteiger partial charge >= 0.3 is 0 Å². The molecule has 2 aliphatic rings. The second-order valence-electron chi connectivity index (χ2n) is 5.46. The van der Waals surface area contributed by atoms with E-state index in [0.29, 0.717) is 0 Å². The predicted molar refractivity (Wildman–Crippen MR) is 56.7 cm³/mol. The molecule has 0 bridgehead atoms. The van der Waals surface area contributed by atoms with Crippen molar-refractivity contribution in [3.8, 4) is 0 Å². The van der Waals surface area contributed by atoms with Crippen LogP contribution in [0.5, 0.6) is 0 Å². The molecule has 0 spiro atoms. The van der Waals surface area contributed by atoms with Crippen molar-refractivity contribution in [2.24, 2.45) is 17.8 Å². The highest BCUT2D eigenvalue weighted by Crippen LogP contribution is 2.34. The quantitative estimate of drug-likeness (QED) is 0.690. The SMILES string of the molecule is CC1CC(NC2CCC(C)C2C)C1. The first-order valence-electron chi connectivity index (χ1n) is 5.93. The molecule has 2 aliphatic carbocycles. The first-order valence-corrected chi connectivity index (χ1v) is 5.93. The minimum Gasteiger partial charge on any atom is -0.311 e. The van der Waals surface area contributed by atoms with Gasteiger partial charge in [0.15, 0.2) is 0 Å². The van der Waals surface area contributed by atoms with Crippen molar-refractivity contribution >= 4 is 0 Å². The molecule has 0 radical (unpaired) electrons. The maximum absolute atomic E-state index is 3.83. The normalized spacial score (nSPS) is 50.5. The molecule has 0 amide bonds. The van der Waals surface area contributed by atoms with Gasteiger partial charge < -0.3 is 5.32 Å². The number of hydrogen-bond acceptors (Lipinski definition) is 1. The molecular formula is C12H23N. The summed E-state index contributed by atoms with van der Waals surface area (Å²) < 4.78 is 0. The molecule has 0 heterocycles. The Hall–Kier alpha value is -0.0400. The lowest BCUT2D eigenvalue weighted by atomic mass is 9.81. The van der Waals surface area contributed by atoms with Gasteiger partial charge in [0.1, 0.15) is 0 Å². The van der Waals surface area contributed by atoms with Crippen LogP contribution in [0, 0.1) is 17.8 Å². The maximum Gasteiger partial charge on any atom is 0.00979 e. The summed E-state index contributed by atoms with van der Waals surface area (Å²) >= 11 is 0. The molecule has 0 saturated heterocycles. The van der Waals surface area contributed by atoms with E-state index in [1.165, 1.54) is 25.7 Å². The number of nitrogens with one attached hydrogen (secondary N) is 1. The molecule has 0 aromatic rings. The van der Waals surface area contributed by atoms with Crippen LogP contribution >= 0.6 is 0 Å². The smallest absolute Gasteiger partial charge is 0.00979 e. The van der Waals surface area contributed by atoms with Crippen molar-refractivity contribution in [2.45, 2.75) is 58.5 Å². The fourth-order valence-electron chi connectivity index (χ4n) is 2.94. The second-order valence-corrected chi connectivity index (χ2v) is 5.46. The molecule has 0 aromatic heterocycles. The van der Waals surface area contributed by atoms with Gasteiger partial charge in [0.05, 0.1) is 0 Å². The first kappa shape index (κ1) is 9.51. The molecular weight excluding hydrogens is 158 g/mol. The summed E-state index contributed by atoms with van der Waals surface area (Å²) in [6, 6.07) is 1.68. The summed E-state index contributed by atoms with van der Waals surface area (Å²) in [5.74, 6) is 2.82. The van der Waals surface area contributed by atoms with Crippen LogP contribution in [0.25, 0.3) is 0 Å². The molecule has 0 aliphatic heterocycles. The van der Waals surface area contributed by atoms with Gasteiger partial charge in [0.2, 0.25) is 0 Å². The summed E-state index contributed by atoms with van der Waals surface area (Å²) in [5.41, 5.74) is 0. The van der Waals surface area contributed by atoms with Crippen molar-refractivity contribution in [3.63, 3.8) is 0 Å². The van der Waals surface area contributed by atoms with E-state index >= 15 is 0 Å². The highest BCUT2D eigenvalue weighted by Gasteiger charge is 2.34. The van der Waals surface area contributed by atoms with Gasteiger partial charge in [-0.2, -0.15) is 0 Å². The zero-order valence-corrected chi connectivity index (χ0v) is 9.22. The van der Waals surface area contributed by atoms with E-state index < -0.39 is 0 Å². The average Bonchev–Trinajstić information content (AvgIpc) is 2.33. The topological polar surface area (TPSA) is 12.0 Å². The molecule has 2 fully saturated rings. The van der Waals surface area contributed by atoms with E-state index in [1.54, 1.807) is 0 Å². The summed E-state index contributed by atoms with van der Waals surface area (Å²) in [6.07, 6.45) is 5.67. The van der Waals surface area contributed by atoms with E-state index in [1.807, 2.05) is 0 Å². The minimum atomic E-state index is 0.826. The Morgan fingerprint density at radius 1 is 1.00 bits per heavy atom. The maximum atomic E-state index is 3.83. The molecule has 3 atom stereocenters. The lowest BCUT2D eigenvalue weighted by Gasteiger charge is -2.37. The zero-order valence-electron chi connectivity index (χ0n) is 9.22. The number of rotatable bonds is 2. The lowest BCUT2D eigenvalue weighted by Crippen LogP contribution is -2.46. The Labute approximate surface area is 82.3 Å². The summed E-state index contributed by atoms with van der Waals surface area (Å²) in [4.78, 5) is 0. The van der Waals surface area contributed by atoms with Gasteiger partial charge in [0, 0.05) is 12.1 Å². The fraction of sp³-hybridized carbons (Fsp3) is 1.00. The van der Waals surface area contributed by atoms with Crippen LogP contribution in [0.2, 0.25) is 0 Å². The Bertz CT molecular complexity index is 172. The molecule has 2 saturated carbocycles. The monoisotopic (exact) mass is 181 g/mol. The Balaban J connectivity index is 1.76. The summed E-state index contributed by atoms with van der Waals surface area (Å²) in [7, 11) is 0. The minimum absolute atomic E-state index is 0.826. The Morgan fingerprint density at radius 2 is 1.69 bits per heavy atom. The average molecular weight is 181 g/mol. The first-order chi connectivity index (χ1) is 6.16. The molecule has 1 nitrogen and oxygen atoms in total. The van der Waals surface area contributed by atoms with Gasteiger partial charge in [-0.25, -0.2) is 0 Å². The highest BCUT2D eigenvalue weighted by atomic mass is 15.0. The third-order valence-electron chi connectivity index (χ3n) is 4.29. The van der Waals surface area contributed by atoms with Crippen molar-refractivity contribution in [1.29, 1.82) is 0 Å². The van der Waals surface area contributed by atoms with E-state index in [0.717, 1.165) is 29.8 Å². The lowest BCUT2D eigenvalue weighted by molar-refractivity contribution is 0.205. The van der Waals surface area contributed by atoms with Crippen molar-refractivity contribution in [1.82, 2.24) is 5.32 Å². The largest absolute Gasteiger partial charge is 0.311 e. The van der Waals surface area contributed by atoms with Crippen molar-refractivity contribution in [3.05, 3.63) is 0 Å². The van der Waals surface area contributed by atoms with Crippen LogP contribution in [0.15, 0.2) is 0 Å². The number of hydrogen-bond donors (Lipinski definition) is 1. The second kappa shape index (κ2) is 3.61. The Kier molecular flexibility index (Phi) is 2.64. The van der Waals surface area contributed by atoms with E-state index in [9.17, 15) is 0 Å². The third kappa shape index (κ3) is 1.90. The third-order valence-corrected chi connectivity index (χ3v) is 4.29. The van der Waals surface area contributed by atoms with Crippen LogP contribution in [-0.4, -0.2) is 12.1 Å². The summed E-state index contributed by atoms with van der Waals surface area (Å²) in [6.45, 7) is 7.17. The molecule has 3 unspecified atom stereocenters. The predicted octanol–water partition coefficient (Wildman–Crippen LogP) is 2.81. The molecule has 2 rings (SSSR count). The molecule has 1 heteroatoms. The fourth-order valence-corrected chi connectivity index (χ4v) is 2.94. The highest BCUT2D eigenvalue weighted by molar-refractivity contribution is 4.91. The van der Waals surface area contributed by atoms with E-state index in [4.69, 9.17) is 0 Å². The Morgan fingerprint density at radius 3 is 2.15 bits per heavy atom. The van der Waals surface area contributed by atoms with Gasteiger partial charge in [0.25, 0.3) is 0 Å². The van der Waals surface area contributed by atoms with Gasteiger partial charge in [-0.1, -0.05) is 20.8 Å². The molecule has 13 heavy (non-hydrogen) atoms. The molecule has 76 valence electrons. The zero-order chi connectivity index (χ0) is 9.42. The van der Waals surface area contributed by atoms with Crippen molar-refractivity contribution < 1.29 is 0 Å². The molecule has 1 N–H and O–H groups in total. The van der Waals surface area contributed by atoms with Gasteiger partial charge in [-0.3, -0.25) is 0 Å². The van der Waals surface area contributed by atoms with Crippen LogP contribution in [-0.2, 0) is 0 Å². The van der Waals surface area contributed by atoms with E-state index in [-0.39, 0.29) is 0 Å². The standard InChI is InChI=1S/C12H23N/c1-8-6-11(7-8)13-12-5-4-9(2)10(12)3/h8-13H,4-7H2,1-3H3. The van der Waals surface area contributed by atoms with Gasteiger partial charge in [-0.05, 0) is 43.4 Å². The van der Waals surface area contributed by atoms with Gasteiger partial charge in [-0.15, -0.1) is 0 Å².